The Labute approximate surface area is 91.6 Å². The molecule has 1 aliphatic carbocycles. The molecular weight excluding hydrogens is 186 g/mol. The molecule has 0 saturated heterocycles. The van der Waals surface area contributed by atoms with Gasteiger partial charge in [0.15, 0.2) is 0 Å². The van der Waals surface area contributed by atoms with Gasteiger partial charge in [0.25, 0.3) is 0 Å². The van der Waals surface area contributed by atoms with Gasteiger partial charge in [-0.2, -0.15) is 5.48 Å². The van der Waals surface area contributed by atoms with Crippen molar-refractivity contribution in [3.63, 3.8) is 0 Å². The summed E-state index contributed by atoms with van der Waals surface area (Å²) >= 11 is 0. The highest BCUT2D eigenvalue weighted by Crippen LogP contribution is 2.21. The summed E-state index contributed by atoms with van der Waals surface area (Å²) in [4.78, 5) is 5.46. The molecule has 0 fully saturated rings. The van der Waals surface area contributed by atoms with Gasteiger partial charge in [-0.15, -0.1) is 0 Å². The van der Waals surface area contributed by atoms with E-state index >= 15 is 0 Å². The lowest BCUT2D eigenvalue weighted by Gasteiger charge is -2.13. The lowest BCUT2D eigenvalue weighted by atomic mass is 10.1. The van der Waals surface area contributed by atoms with E-state index in [0.717, 1.165) is 19.4 Å². The van der Waals surface area contributed by atoms with Gasteiger partial charge in [-0.05, 0) is 29.9 Å². The molecule has 0 unspecified atom stereocenters. The number of hydrogen-bond acceptors (Lipinski definition) is 2. The largest absolute Gasteiger partial charge is 0.301 e. The van der Waals surface area contributed by atoms with Crippen LogP contribution in [-0.4, -0.2) is 12.6 Å². The van der Waals surface area contributed by atoms with Crippen LogP contribution in [0.4, 0.5) is 0 Å². The second kappa shape index (κ2) is 4.77. The predicted molar refractivity (Wildman–Crippen MR) is 61.6 cm³/mol. The quantitative estimate of drug-likeness (QED) is 0.762. The molecule has 0 bridgehead atoms. The highest BCUT2D eigenvalue weighted by Gasteiger charge is 2.20. The molecule has 0 atom stereocenters. The van der Waals surface area contributed by atoms with E-state index in [1.807, 2.05) is 0 Å². The van der Waals surface area contributed by atoms with Crippen molar-refractivity contribution in [2.75, 3.05) is 6.61 Å². The molecule has 2 nitrogen and oxygen atoms in total. The molecule has 2 rings (SSSR count). The Kier molecular flexibility index (Phi) is 3.39. The zero-order valence-corrected chi connectivity index (χ0v) is 9.49. The lowest BCUT2D eigenvalue weighted by Crippen LogP contribution is -2.30. The molecule has 0 radical (unpaired) electrons. The number of hydroxylamine groups is 1. The zero-order valence-electron chi connectivity index (χ0n) is 9.49. The van der Waals surface area contributed by atoms with Gasteiger partial charge in [0.05, 0.1) is 6.61 Å². The van der Waals surface area contributed by atoms with Crippen molar-refractivity contribution < 1.29 is 4.84 Å². The third kappa shape index (κ3) is 2.80. The van der Waals surface area contributed by atoms with Crippen LogP contribution in [0.2, 0.25) is 0 Å². The summed E-state index contributed by atoms with van der Waals surface area (Å²) < 4.78 is 0. The van der Waals surface area contributed by atoms with Crippen molar-refractivity contribution in [3.05, 3.63) is 35.4 Å². The van der Waals surface area contributed by atoms with Crippen LogP contribution in [0.15, 0.2) is 24.3 Å². The van der Waals surface area contributed by atoms with Gasteiger partial charge in [0.1, 0.15) is 0 Å². The van der Waals surface area contributed by atoms with Crippen molar-refractivity contribution >= 4 is 0 Å². The average Bonchev–Trinajstić information content (AvgIpc) is 2.59. The number of nitrogens with one attached hydrogen (secondary N) is 1. The molecule has 1 N–H and O–H groups in total. The van der Waals surface area contributed by atoms with Crippen LogP contribution in [0.3, 0.4) is 0 Å². The third-order valence-corrected chi connectivity index (χ3v) is 2.72. The van der Waals surface area contributed by atoms with Crippen LogP contribution >= 0.6 is 0 Å². The van der Waals surface area contributed by atoms with Gasteiger partial charge in [0, 0.05) is 6.04 Å². The van der Waals surface area contributed by atoms with E-state index < -0.39 is 0 Å². The van der Waals surface area contributed by atoms with Crippen molar-refractivity contribution in [2.24, 2.45) is 5.92 Å². The normalized spacial score (nSPS) is 15.9. The molecule has 1 aromatic rings. The van der Waals surface area contributed by atoms with Gasteiger partial charge in [-0.1, -0.05) is 38.1 Å². The highest BCUT2D eigenvalue weighted by molar-refractivity contribution is 5.33. The first-order valence-corrected chi connectivity index (χ1v) is 5.70. The van der Waals surface area contributed by atoms with Crippen LogP contribution in [0, 0.1) is 5.92 Å². The monoisotopic (exact) mass is 205 g/mol. The molecular formula is C13H19NO. The van der Waals surface area contributed by atoms with E-state index in [0.29, 0.717) is 12.0 Å². The van der Waals surface area contributed by atoms with E-state index in [-0.39, 0.29) is 0 Å². The summed E-state index contributed by atoms with van der Waals surface area (Å²) in [6, 6.07) is 9.09. The summed E-state index contributed by atoms with van der Waals surface area (Å²) in [6.07, 6.45) is 2.18. The van der Waals surface area contributed by atoms with Gasteiger partial charge in [-0.3, -0.25) is 0 Å². The molecule has 1 aliphatic rings. The average molecular weight is 205 g/mol. The zero-order chi connectivity index (χ0) is 10.7. The SMILES string of the molecule is CC(C)CONC1Cc2ccccc2C1. The first kappa shape index (κ1) is 10.7. The summed E-state index contributed by atoms with van der Waals surface area (Å²) in [6.45, 7) is 5.10. The van der Waals surface area contributed by atoms with Gasteiger partial charge >= 0.3 is 0 Å². The Morgan fingerprint density at radius 1 is 1.27 bits per heavy atom. The predicted octanol–water partition coefficient (Wildman–Crippen LogP) is 2.33. The minimum atomic E-state index is 0.459. The fraction of sp³-hybridized carbons (Fsp3) is 0.538. The fourth-order valence-corrected chi connectivity index (χ4v) is 1.97. The van der Waals surface area contributed by atoms with E-state index in [2.05, 4.69) is 43.6 Å². The van der Waals surface area contributed by atoms with Crippen molar-refractivity contribution in [3.8, 4) is 0 Å². The molecule has 1 aromatic carbocycles. The minimum absolute atomic E-state index is 0.459. The maximum absolute atomic E-state index is 5.46. The van der Waals surface area contributed by atoms with E-state index in [9.17, 15) is 0 Å². The van der Waals surface area contributed by atoms with Crippen LogP contribution in [0.25, 0.3) is 0 Å². The second-order valence-corrected chi connectivity index (χ2v) is 4.70. The molecule has 0 saturated carbocycles. The van der Waals surface area contributed by atoms with Crippen LogP contribution < -0.4 is 5.48 Å². The smallest absolute Gasteiger partial charge is 0.0705 e. The Hall–Kier alpha value is -0.860. The van der Waals surface area contributed by atoms with Crippen LogP contribution in [0.1, 0.15) is 25.0 Å². The molecule has 15 heavy (non-hydrogen) atoms. The molecule has 0 aliphatic heterocycles. The van der Waals surface area contributed by atoms with E-state index in [1.54, 1.807) is 0 Å². The third-order valence-electron chi connectivity index (χ3n) is 2.72. The van der Waals surface area contributed by atoms with E-state index in [1.165, 1.54) is 11.1 Å². The number of benzene rings is 1. The first-order chi connectivity index (χ1) is 7.25. The summed E-state index contributed by atoms with van der Waals surface area (Å²) in [7, 11) is 0. The number of fused-ring (bicyclic) bond motifs is 1. The van der Waals surface area contributed by atoms with Crippen LogP contribution in [0.5, 0.6) is 0 Å². The minimum Gasteiger partial charge on any atom is -0.301 e. The van der Waals surface area contributed by atoms with Gasteiger partial charge in [0.2, 0.25) is 0 Å². The molecule has 2 heteroatoms. The fourth-order valence-electron chi connectivity index (χ4n) is 1.97. The molecule has 0 amide bonds. The molecule has 82 valence electrons. The van der Waals surface area contributed by atoms with Crippen molar-refractivity contribution in [1.82, 2.24) is 5.48 Å². The number of rotatable bonds is 4. The first-order valence-electron chi connectivity index (χ1n) is 5.70. The van der Waals surface area contributed by atoms with Gasteiger partial charge in [-0.25, -0.2) is 0 Å². The maximum atomic E-state index is 5.46. The topological polar surface area (TPSA) is 21.3 Å². The molecule has 0 heterocycles. The summed E-state index contributed by atoms with van der Waals surface area (Å²) in [5.41, 5.74) is 6.08. The van der Waals surface area contributed by atoms with Crippen molar-refractivity contribution in [1.29, 1.82) is 0 Å². The summed E-state index contributed by atoms with van der Waals surface area (Å²) in [5.74, 6) is 0.585. The Morgan fingerprint density at radius 2 is 1.87 bits per heavy atom. The van der Waals surface area contributed by atoms with Crippen LogP contribution in [-0.2, 0) is 17.7 Å². The number of hydrogen-bond donors (Lipinski definition) is 1. The standard InChI is InChI=1S/C13H19NO/c1-10(2)9-15-14-13-7-11-5-3-4-6-12(11)8-13/h3-6,10,13-14H,7-9H2,1-2H3. The lowest BCUT2D eigenvalue weighted by molar-refractivity contribution is 0.00301. The Balaban J connectivity index is 1.80. The molecule has 0 aromatic heterocycles. The summed E-state index contributed by atoms with van der Waals surface area (Å²) in [5, 5.41) is 0. The Morgan fingerprint density at radius 3 is 2.40 bits per heavy atom. The highest BCUT2D eigenvalue weighted by atomic mass is 16.6. The second-order valence-electron chi connectivity index (χ2n) is 4.70. The maximum Gasteiger partial charge on any atom is 0.0705 e. The Bertz CT molecular complexity index is 297. The van der Waals surface area contributed by atoms with E-state index in [4.69, 9.17) is 4.84 Å². The molecule has 0 spiro atoms. The van der Waals surface area contributed by atoms with Gasteiger partial charge < -0.3 is 4.84 Å². The van der Waals surface area contributed by atoms with Crippen molar-refractivity contribution in [2.45, 2.75) is 32.7 Å².